The first-order valence-corrected chi connectivity index (χ1v) is 5.90. The molecule has 4 nitrogen and oxygen atoms in total. The molecule has 2 aromatic rings. The van der Waals surface area contributed by atoms with Crippen LogP contribution in [0, 0.1) is 0 Å². The number of benzene rings is 1. The van der Waals surface area contributed by atoms with Crippen LogP contribution >= 0.6 is 23.2 Å². The maximum absolute atomic E-state index is 11.8. The Labute approximate surface area is 113 Å². The monoisotopic (exact) mass is 284 g/mol. The van der Waals surface area contributed by atoms with Crippen molar-refractivity contribution in [3.8, 4) is 11.3 Å². The van der Waals surface area contributed by atoms with E-state index < -0.39 is 11.2 Å². The van der Waals surface area contributed by atoms with Crippen LogP contribution in [0.15, 0.2) is 33.9 Å². The summed E-state index contributed by atoms with van der Waals surface area (Å²) < 4.78 is 2.31. The van der Waals surface area contributed by atoms with Crippen molar-refractivity contribution in [2.45, 2.75) is 0 Å². The van der Waals surface area contributed by atoms with E-state index in [9.17, 15) is 9.59 Å². The third-order valence-corrected chi connectivity index (χ3v) is 3.32. The highest BCUT2D eigenvalue weighted by Gasteiger charge is 2.15. The molecule has 0 amide bonds. The molecule has 0 bridgehead atoms. The second-order valence-corrected chi connectivity index (χ2v) is 4.69. The van der Waals surface area contributed by atoms with Crippen LogP contribution in [0.25, 0.3) is 11.3 Å². The Hall–Kier alpha value is -1.52. The molecule has 0 spiro atoms. The lowest BCUT2D eigenvalue weighted by Crippen LogP contribution is -2.38. The highest BCUT2D eigenvalue weighted by atomic mass is 35.5. The highest BCUT2D eigenvalue weighted by molar-refractivity contribution is 6.33. The first kappa shape index (κ1) is 12.9. The largest absolute Gasteiger partial charge is 0.331 e. The van der Waals surface area contributed by atoms with Gasteiger partial charge in [0.05, 0.1) is 5.69 Å². The predicted octanol–water partition coefficient (Wildman–Crippen LogP) is 2.06. The van der Waals surface area contributed by atoms with Crippen molar-refractivity contribution in [3.63, 3.8) is 0 Å². The smallest absolute Gasteiger partial charge is 0.295 e. The Morgan fingerprint density at radius 2 is 1.50 bits per heavy atom. The molecule has 1 aromatic heterocycles. The van der Waals surface area contributed by atoms with Crippen LogP contribution in [-0.2, 0) is 14.1 Å². The van der Waals surface area contributed by atoms with Gasteiger partial charge in [-0.2, -0.15) is 0 Å². The second kappa shape index (κ2) is 4.63. The van der Waals surface area contributed by atoms with E-state index in [1.807, 2.05) is 0 Å². The summed E-state index contributed by atoms with van der Waals surface area (Å²) in [5, 5.41) is 0.589. The molecule has 0 atom stereocenters. The molecule has 0 aliphatic heterocycles. The minimum Gasteiger partial charge on any atom is -0.295 e. The van der Waals surface area contributed by atoms with Gasteiger partial charge in [-0.1, -0.05) is 35.3 Å². The van der Waals surface area contributed by atoms with Crippen molar-refractivity contribution in [2.24, 2.45) is 14.1 Å². The van der Waals surface area contributed by atoms with E-state index in [0.29, 0.717) is 16.3 Å². The van der Waals surface area contributed by atoms with E-state index in [2.05, 4.69) is 0 Å². The van der Waals surface area contributed by atoms with Crippen LogP contribution in [0.3, 0.4) is 0 Å². The number of hydrogen-bond donors (Lipinski definition) is 0. The average Bonchev–Trinajstić information content (AvgIpc) is 2.36. The van der Waals surface area contributed by atoms with E-state index in [1.165, 1.54) is 11.6 Å². The topological polar surface area (TPSA) is 44.0 Å². The Morgan fingerprint density at radius 3 is 2.06 bits per heavy atom. The minimum absolute atomic E-state index is 0.0157. The standard InChI is InChI=1S/C12H10Cl2N2O2/c1-15-10(7-3-5-8(13)6-4-7)9(14)11(17)16(2)12(15)18/h3-6H,1-2H3. The second-order valence-electron chi connectivity index (χ2n) is 3.88. The van der Waals surface area contributed by atoms with Crippen LogP contribution < -0.4 is 11.2 Å². The number of hydrogen-bond acceptors (Lipinski definition) is 2. The molecule has 0 unspecified atom stereocenters. The van der Waals surface area contributed by atoms with E-state index in [4.69, 9.17) is 23.2 Å². The molecule has 0 radical (unpaired) electrons. The average molecular weight is 285 g/mol. The molecule has 1 heterocycles. The molecule has 0 aliphatic rings. The zero-order valence-electron chi connectivity index (χ0n) is 9.78. The van der Waals surface area contributed by atoms with Gasteiger partial charge >= 0.3 is 5.69 Å². The summed E-state index contributed by atoms with van der Waals surface area (Å²) in [5.41, 5.74) is 0.127. The normalized spacial score (nSPS) is 10.7. The fourth-order valence-electron chi connectivity index (χ4n) is 1.73. The molecular weight excluding hydrogens is 275 g/mol. The minimum atomic E-state index is -0.510. The molecule has 0 saturated heterocycles. The van der Waals surface area contributed by atoms with Crippen molar-refractivity contribution in [3.05, 3.63) is 55.1 Å². The SMILES string of the molecule is Cn1c(-c2ccc(Cl)cc2)c(Cl)c(=O)n(C)c1=O. The summed E-state index contributed by atoms with van der Waals surface area (Å²) in [7, 11) is 2.96. The summed E-state index contributed by atoms with van der Waals surface area (Å²) >= 11 is 11.8. The molecule has 0 N–H and O–H groups in total. The molecular formula is C12H10Cl2N2O2. The van der Waals surface area contributed by atoms with E-state index in [1.54, 1.807) is 31.3 Å². The zero-order chi connectivity index (χ0) is 13.4. The van der Waals surface area contributed by atoms with E-state index in [-0.39, 0.29) is 5.02 Å². The summed E-state index contributed by atoms with van der Waals surface area (Å²) in [6, 6.07) is 6.77. The van der Waals surface area contributed by atoms with Crippen molar-refractivity contribution in [2.75, 3.05) is 0 Å². The Bertz CT molecular complexity index is 677. The number of rotatable bonds is 1. The van der Waals surface area contributed by atoms with Gasteiger partial charge in [0, 0.05) is 24.7 Å². The van der Waals surface area contributed by atoms with Crippen LogP contribution in [0.2, 0.25) is 10.0 Å². The zero-order valence-corrected chi connectivity index (χ0v) is 11.3. The van der Waals surface area contributed by atoms with Crippen molar-refractivity contribution in [1.29, 1.82) is 0 Å². The lowest BCUT2D eigenvalue weighted by molar-refractivity contribution is 0.692. The molecule has 18 heavy (non-hydrogen) atoms. The summed E-state index contributed by atoms with van der Waals surface area (Å²) in [4.78, 5) is 23.6. The van der Waals surface area contributed by atoms with E-state index >= 15 is 0 Å². The number of aromatic nitrogens is 2. The molecule has 1 aromatic carbocycles. The van der Waals surface area contributed by atoms with Gasteiger partial charge in [0.2, 0.25) is 0 Å². The first-order chi connectivity index (χ1) is 8.43. The molecule has 2 rings (SSSR count). The first-order valence-electron chi connectivity index (χ1n) is 5.15. The van der Waals surface area contributed by atoms with Gasteiger partial charge in [-0.15, -0.1) is 0 Å². The van der Waals surface area contributed by atoms with E-state index in [0.717, 1.165) is 4.57 Å². The molecule has 6 heteroatoms. The molecule has 94 valence electrons. The molecule has 0 fully saturated rings. The van der Waals surface area contributed by atoms with Crippen LogP contribution in [-0.4, -0.2) is 9.13 Å². The van der Waals surface area contributed by atoms with Gasteiger partial charge in [-0.3, -0.25) is 13.9 Å². The van der Waals surface area contributed by atoms with Gasteiger partial charge in [-0.05, 0) is 12.1 Å². The Balaban J connectivity index is 2.84. The Morgan fingerprint density at radius 1 is 0.944 bits per heavy atom. The van der Waals surface area contributed by atoms with Crippen LogP contribution in [0.1, 0.15) is 0 Å². The fraction of sp³-hybridized carbons (Fsp3) is 0.167. The maximum Gasteiger partial charge on any atom is 0.331 e. The van der Waals surface area contributed by atoms with Gasteiger partial charge in [0.1, 0.15) is 5.02 Å². The Kier molecular flexibility index (Phi) is 3.32. The molecule has 0 saturated carbocycles. The highest BCUT2D eigenvalue weighted by Crippen LogP contribution is 2.24. The van der Waals surface area contributed by atoms with Gasteiger partial charge < -0.3 is 0 Å². The number of halogens is 2. The third kappa shape index (κ3) is 1.98. The summed E-state index contributed by atoms with van der Waals surface area (Å²) in [6.07, 6.45) is 0. The van der Waals surface area contributed by atoms with Crippen molar-refractivity contribution in [1.82, 2.24) is 9.13 Å². The van der Waals surface area contributed by atoms with Crippen LogP contribution in [0.5, 0.6) is 0 Å². The number of nitrogens with zero attached hydrogens (tertiary/aromatic N) is 2. The summed E-state index contributed by atoms with van der Waals surface area (Å²) in [5.74, 6) is 0. The predicted molar refractivity (Wildman–Crippen MR) is 72.4 cm³/mol. The van der Waals surface area contributed by atoms with Crippen LogP contribution in [0.4, 0.5) is 0 Å². The quantitative estimate of drug-likeness (QED) is 0.805. The van der Waals surface area contributed by atoms with Gasteiger partial charge in [-0.25, -0.2) is 4.79 Å². The van der Waals surface area contributed by atoms with Gasteiger partial charge in [0.15, 0.2) is 0 Å². The van der Waals surface area contributed by atoms with Crippen molar-refractivity contribution < 1.29 is 0 Å². The molecule has 0 aliphatic carbocycles. The third-order valence-electron chi connectivity index (χ3n) is 2.73. The lowest BCUT2D eigenvalue weighted by atomic mass is 10.1. The lowest BCUT2D eigenvalue weighted by Gasteiger charge is -2.11. The van der Waals surface area contributed by atoms with Crippen molar-refractivity contribution >= 4 is 23.2 Å². The maximum atomic E-state index is 11.8. The summed E-state index contributed by atoms with van der Waals surface area (Å²) in [6.45, 7) is 0. The fourth-order valence-corrected chi connectivity index (χ4v) is 2.22. The van der Waals surface area contributed by atoms with Gasteiger partial charge in [0.25, 0.3) is 5.56 Å².